The number of ether oxygens (including phenoxy) is 1. The van der Waals surface area contributed by atoms with Gasteiger partial charge in [0.1, 0.15) is 11.3 Å². The van der Waals surface area contributed by atoms with E-state index < -0.39 is 5.63 Å². The van der Waals surface area contributed by atoms with E-state index in [4.69, 9.17) is 15.0 Å². The van der Waals surface area contributed by atoms with Crippen molar-refractivity contribution in [2.24, 2.45) is 10.9 Å². The fourth-order valence-electron chi connectivity index (χ4n) is 1.48. The number of rotatable bonds is 2. The highest BCUT2D eigenvalue weighted by Crippen LogP contribution is 2.21. The van der Waals surface area contributed by atoms with Crippen LogP contribution >= 0.6 is 0 Å². The summed E-state index contributed by atoms with van der Waals surface area (Å²) < 4.78 is 10.1. The lowest BCUT2D eigenvalue weighted by Gasteiger charge is -2.02. The van der Waals surface area contributed by atoms with Gasteiger partial charge < -0.3 is 15.0 Å². The number of fused-ring (bicyclic) bond motifs is 1. The van der Waals surface area contributed by atoms with Crippen LogP contribution in [0.5, 0.6) is 5.75 Å². The van der Waals surface area contributed by atoms with Gasteiger partial charge in [0.2, 0.25) is 0 Å². The summed E-state index contributed by atoms with van der Waals surface area (Å²) in [4.78, 5) is 11.3. The van der Waals surface area contributed by atoms with Gasteiger partial charge in [-0.15, -0.1) is 0 Å². The number of hydrazone groups is 1. The minimum Gasteiger partial charge on any atom is -0.497 e. The summed E-state index contributed by atoms with van der Waals surface area (Å²) in [5, 5.41) is 4.16. The third-order valence-electron chi connectivity index (χ3n) is 2.20. The highest BCUT2D eigenvalue weighted by Gasteiger charge is 2.04. The van der Waals surface area contributed by atoms with E-state index in [-0.39, 0.29) is 0 Å². The van der Waals surface area contributed by atoms with Crippen molar-refractivity contribution in [3.63, 3.8) is 0 Å². The first-order valence-electron chi connectivity index (χ1n) is 4.60. The van der Waals surface area contributed by atoms with E-state index in [1.165, 1.54) is 12.3 Å². The maximum absolute atomic E-state index is 11.3. The molecule has 2 aromatic rings. The predicted octanol–water partition coefficient (Wildman–Crippen LogP) is 1.09. The number of hydrogen-bond acceptors (Lipinski definition) is 5. The van der Waals surface area contributed by atoms with Gasteiger partial charge in [-0.25, -0.2) is 4.79 Å². The molecule has 16 heavy (non-hydrogen) atoms. The zero-order chi connectivity index (χ0) is 11.5. The van der Waals surface area contributed by atoms with Crippen molar-refractivity contribution in [1.29, 1.82) is 0 Å². The Balaban J connectivity index is 2.78. The first-order chi connectivity index (χ1) is 7.74. The van der Waals surface area contributed by atoms with E-state index in [0.717, 1.165) is 5.39 Å². The van der Waals surface area contributed by atoms with Gasteiger partial charge in [0.25, 0.3) is 0 Å². The number of hydrogen-bond donors (Lipinski definition) is 1. The topological polar surface area (TPSA) is 77.8 Å². The molecule has 2 rings (SSSR count). The van der Waals surface area contributed by atoms with Crippen LogP contribution in [0.2, 0.25) is 0 Å². The second kappa shape index (κ2) is 4.06. The minimum atomic E-state index is -0.448. The van der Waals surface area contributed by atoms with Gasteiger partial charge in [0, 0.05) is 23.1 Å². The van der Waals surface area contributed by atoms with E-state index in [2.05, 4.69) is 5.10 Å². The summed E-state index contributed by atoms with van der Waals surface area (Å²) in [6, 6.07) is 6.54. The monoisotopic (exact) mass is 218 g/mol. The largest absolute Gasteiger partial charge is 0.497 e. The van der Waals surface area contributed by atoms with Crippen molar-refractivity contribution in [2.75, 3.05) is 7.11 Å². The summed E-state index contributed by atoms with van der Waals surface area (Å²) >= 11 is 0. The Kier molecular flexibility index (Phi) is 2.59. The van der Waals surface area contributed by atoms with Gasteiger partial charge in [-0.1, -0.05) is 0 Å². The van der Waals surface area contributed by atoms with Gasteiger partial charge >= 0.3 is 5.63 Å². The number of benzene rings is 1. The maximum atomic E-state index is 11.3. The molecule has 0 radical (unpaired) electrons. The number of methoxy groups -OCH3 is 1. The minimum absolute atomic E-state index is 0.446. The third-order valence-corrected chi connectivity index (χ3v) is 2.20. The van der Waals surface area contributed by atoms with E-state index in [9.17, 15) is 4.79 Å². The highest BCUT2D eigenvalue weighted by atomic mass is 16.5. The van der Waals surface area contributed by atoms with Crippen LogP contribution in [-0.2, 0) is 0 Å². The Morgan fingerprint density at radius 2 is 2.25 bits per heavy atom. The van der Waals surface area contributed by atoms with Crippen LogP contribution in [0, 0.1) is 0 Å². The fourth-order valence-corrected chi connectivity index (χ4v) is 1.48. The lowest BCUT2D eigenvalue weighted by atomic mass is 10.1. The highest BCUT2D eigenvalue weighted by molar-refractivity contribution is 5.97. The first-order valence-corrected chi connectivity index (χ1v) is 4.60. The van der Waals surface area contributed by atoms with Gasteiger partial charge in [0.15, 0.2) is 0 Å². The van der Waals surface area contributed by atoms with Crippen LogP contribution in [0.15, 0.2) is 38.6 Å². The van der Waals surface area contributed by atoms with Gasteiger partial charge in [-0.05, 0) is 12.1 Å². The molecule has 0 aliphatic heterocycles. The molecule has 1 heterocycles. The summed E-state index contributed by atoms with van der Waals surface area (Å²) in [5.74, 6) is 5.69. The molecule has 1 aromatic carbocycles. The van der Waals surface area contributed by atoms with Crippen LogP contribution < -0.4 is 16.2 Å². The molecule has 2 N–H and O–H groups in total. The molecule has 0 unspecified atom stereocenters. The maximum Gasteiger partial charge on any atom is 0.336 e. The fraction of sp³-hybridized carbons (Fsp3) is 0.0909. The normalized spacial score (nSPS) is 11.1. The zero-order valence-electron chi connectivity index (χ0n) is 8.64. The average molecular weight is 218 g/mol. The quantitative estimate of drug-likeness (QED) is 0.354. The molecular formula is C11H10N2O3. The summed E-state index contributed by atoms with van der Waals surface area (Å²) in [6.45, 7) is 0. The van der Waals surface area contributed by atoms with Crippen molar-refractivity contribution >= 4 is 17.2 Å². The van der Waals surface area contributed by atoms with Crippen molar-refractivity contribution < 1.29 is 9.15 Å². The van der Waals surface area contributed by atoms with E-state index in [1.54, 1.807) is 25.3 Å². The van der Waals surface area contributed by atoms with Crippen molar-refractivity contribution in [2.45, 2.75) is 0 Å². The smallest absolute Gasteiger partial charge is 0.336 e. The summed E-state index contributed by atoms with van der Waals surface area (Å²) in [6.07, 6.45) is 1.41. The molecule has 0 atom stereocenters. The Labute approximate surface area is 91.1 Å². The van der Waals surface area contributed by atoms with E-state index in [0.29, 0.717) is 16.9 Å². The zero-order valence-corrected chi connectivity index (χ0v) is 8.64. The number of nitrogens with zero attached hydrogens (tertiary/aromatic N) is 1. The van der Waals surface area contributed by atoms with Crippen LogP contribution in [0.1, 0.15) is 5.56 Å². The molecule has 5 heteroatoms. The van der Waals surface area contributed by atoms with Gasteiger partial charge in [-0.3, -0.25) is 0 Å². The molecule has 0 spiro atoms. The Bertz CT molecular complexity index is 602. The van der Waals surface area contributed by atoms with Crippen molar-refractivity contribution in [3.05, 3.63) is 40.2 Å². The standard InChI is InChI=1S/C11H10N2O3/c1-15-8-2-3-9-7(6-13-12)4-11(14)16-10(9)5-8/h2-6H,12H2,1H3. The van der Waals surface area contributed by atoms with Crippen molar-refractivity contribution in [1.82, 2.24) is 0 Å². The van der Waals surface area contributed by atoms with Crippen LogP contribution in [0.4, 0.5) is 0 Å². The first kappa shape index (κ1) is 10.2. The molecule has 0 fully saturated rings. The van der Waals surface area contributed by atoms with E-state index >= 15 is 0 Å². The molecule has 0 aliphatic carbocycles. The molecule has 0 saturated heterocycles. The lowest BCUT2D eigenvalue weighted by molar-refractivity contribution is 0.414. The third kappa shape index (κ3) is 1.75. The van der Waals surface area contributed by atoms with Crippen LogP contribution in [0.25, 0.3) is 11.0 Å². The van der Waals surface area contributed by atoms with Crippen LogP contribution in [0.3, 0.4) is 0 Å². The van der Waals surface area contributed by atoms with E-state index in [1.807, 2.05) is 0 Å². The molecule has 0 aliphatic rings. The Morgan fingerprint density at radius 3 is 2.94 bits per heavy atom. The molecule has 82 valence electrons. The number of nitrogens with two attached hydrogens (primary N) is 1. The second-order valence-electron chi connectivity index (χ2n) is 3.16. The Hall–Kier alpha value is -2.30. The average Bonchev–Trinajstić information content (AvgIpc) is 2.28. The molecule has 0 bridgehead atoms. The molecule has 1 aromatic heterocycles. The lowest BCUT2D eigenvalue weighted by Crippen LogP contribution is -2.01. The van der Waals surface area contributed by atoms with Gasteiger partial charge in [0.05, 0.1) is 13.3 Å². The molecule has 5 nitrogen and oxygen atoms in total. The molecule has 0 amide bonds. The summed E-state index contributed by atoms with van der Waals surface area (Å²) in [7, 11) is 1.55. The predicted molar refractivity (Wildman–Crippen MR) is 60.8 cm³/mol. The van der Waals surface area contributed by atoms with Crippen LogP contribution in [-0.4, -0.2) is 13.3 Å². The van der Waals surface area contributed by atoms with Gasteiger partial charge in [-0.2, -0.15) is 5.10 Å². The molecule has 0 saturated carbocycles. The summed E-state index contributed by atoms with van der Waals surface area (Å²) in [5.41, 5.74) is 0.619. The van der Waals surface area contributed by atoms with Crippen molar-refractivity contribution in [3.8, 4) is 5.75 Å². The molecular weight excluding hydrogens is 208 g/mol. The SMILES string of the molecule is COc1ccc2c(C=NN)cc(=O)oc2c1. The second-order valence-corrected chi connectivity index (χ2v) is 3.16. The Morgan fingerprint density at radius 1 is 1.44 bits per heavy atom.